The molecule has 7 heteroatoms. The van der Waals surface area contributed by atoms with Gasteiger partial charge in [0.1, 0.15) is 5.69 Å². The number of aromatic nitrogens is 2. The smallest absolute Gasteiger partial charge is 0.269 e. The third kappa shape index (κ3) is 4.18. The SMILES string of the molecule is Cc1c(-c2ccc(C#N)cc2)nn(C2CCOC2)c1C(=O)NCC(C)(C)O. The first-order chi connectivity index (χ1) is 12.8. The van der Waals surface area contributed by atoms with E-state index in [0.717, 1.165) is 17.5 Å². The summed E-state index contributed by atoms with van der Waals surface area (Å²) < 4.78 is 7.22. The fourth-order valence-corrected chi connectivity index (χ4v) is 3.13. The minimum absolute atomic E-state index is 0.00119. The van der Waals surface area contributed by atoms with Gasteiger partial charge in [-0.25, -0.2) is 0 Å². The molecule has 1 amide bonds. The molecule has 0 bridgehead atoms. The van der Waals surface area contributed by atoms with Crippen molar-refractivity contribution in [2.45, 2.75) is 38.8 Å². The summed E-state index contributed by atoms with van der Waals surface area (Å²) in [4.78, 5) is 12.9. The molecule has 1 aromatic carbocycles. The highest BCUT2D eigenvalue weighted by Crippen LogP contribution is 2.29. The van der Waals surface area contributed by atoms with Crippen LogP contribution in [0.4, 0.5) is 0 Å². The van der Waals surface area contributed by atoms with Gasteiger partial charge in [-0.2, -0.15) is 10.4 Å². The quantitative estimate of drug-likeness (QED) is 0.843. The molecule has 2 N–H and O–H groups in total. The molecule has 0 saturated carbocycles. The molecule has 1 aliphatic rings. The molecule has 27 heavy (non-hydrogen) atoms. The van der Waals surface area contributed by atoms with Gasteiger partial charge in [-0.3, -0.25) is 9.48 Å². The molecule has 0 spiro atoms. The maximum Gasteiger partial charge on any atom is 0.269 e. The lowest BCUT2D eigenvalue weighted by molar-refractivity contribution is 0.0687. The van der Waals surface area contributed by atoms with E-state index >= 15 is 0 Å². The van der Waals surface area contributed by atoms with Crippen molar-refractivity contribution in [3.63, 3.8) is 0 Å². The highest BCUT2D eigenvalue weighted by Gasteiger charge is 2.29. The van der Waals surface area contributed by atoms with Gasteiger partial charge in [-0.05, 0) is 39.3 Å². The molecule has 7 nitrogen and oxygen atoms in total. The molecule has 1 aliphatic heterocycles. The Labute approximate surface area is 158 Å². The average molecular weight is 368 g/mol. The van der Waals surface area contributed by atoms with Gasteiger partial charge in [0.25, 0.3) is 5.91 Å². The summed E-state index contributed by atoms with van der Waals surface area (Å²) in [6, 6.07) is 9.24. The third-order valence-electron chi connectivity index (χ3n) is 4.58. The summed E-state index contributed by atoms with van der Waals surface area (Å²) in [6.45, 7) is 6.45. The molecule has 2 heterocycles. The largest absolute Gasteiger partial charge is 0.389 e. The van der Waals surface area contributed by atoms with Gasteiger partial charge < -0.3 is 15.2 Å². The second-order valence-corrected chi connectivity index (χ2v) is 7.47. The molecule has 1 fully saturated rings. The molecule has 0 radical (unpaired) electrons. The Morgan fingerprint density at radius 2 is 2.15 bits per heavy atom. The number of amides is 1. The Morgan fingerprint density at radius 3 is 2.70 bits per heavy atom. The van der Waals surface area contributed by atoms with E-state index < -0.39 is 5.60 Å². The molecular formula is C20H24N4O3. The molecule has 1 atom stereocenters. The number of ether oxygens (including phenoxy) is 1. The Kier molecular flexibility index (Phi) is 5.31. The zero-order valence-corrected chi connectivity index (χ0v) is 15.8. The minimum Gasteiger partial charge on any atom is -0.389 e. The number of benzene rings is 1. The Balaban J connectivity index is 2.00. The van der Waals surface area contributed by atoms with Crippen LogP contribution in [0.2, 0.25) is 0 Å². The van der Waals surface area contributed by atoms with E-state index in [1.807, 2.05) is 19.1 Å². The summed E-state index contributed by atoms with van der Waals surface area (Å²) in [5, 5.41) is 26.4. The van der Waals surface area contributed by atoms with Crippen molar-refractivity contribution in [3.8, 4) is 17.3 Å². The zero-order valence-electron chi connectivity index (χ0n) is 15.8. The van der Waals surface area contributed by atoms with E-state index in [-0.39, 0.29) is 18.5 Å². The van der Waals surface area contributed by atoms with Crippen LogP contribution in [-0.2, 0) is 4.74 Å². The molecule has 0 aliphatic carbocycles. The molecule has 142 valence electrons. The lowest BCUT2D eigenvalue weighted by Crippen LogP contribution is -2.39. The van der Waals surface area contributed by atoms with Gasteiger partial charge in [0.15, 0.2) is 0 Å². The van der Waals surface area contributed by atoms with Crippen LogP contribution in [0.5, 0.6) is 0 Å². The normalized spacial score (nSPS) is 16.9. The predicted molar refractivity (Wildman–Crippen MR) is 100 cm³/mol. The maximum absolute atomic E-state index is 12.9. The van der Waals surface area contributed by atoms with Crippen LogP contribution in [0, 0.1) is 18.3 Å². The monoisotopic (exact) mass is 368 g/mol. The molecular weight excluding hydrogens is 344 g/mol. The van der Waals surface area contributed by atoms with Crippen LogP contribution in [0.15, 0.2) is 24.3 Å². The average Bonchev–Trinajstić information content (AvgIpc) is 3.27. The lowest BCUT2D eigenvalue weighted by Gasteiger charge is -2.19. The van der Waals surface area contributed by atoms with Crippen molar-refractivity contribution in [3.05, 3.63) is 41.1 Å². The topological polar surface area (TPSA) is 100 Å². The van der Waals surface area contributed by atoms with Crippen molar-refractivity contribution >= 4 is 5.91 Å². The first-order valence-electron chi connectivity index (χ1n) is 8.98. The fourth-order valence-electron chi connectivity index (χ4n) is 3.13. The number of carbonyl (C=O) groups excluding carboxylic acids is 1. The Bertz CT molecular complexity index is 866. The fraction of sp³-hybridized carbons (Fsp3) is 0.450. The summed E-state index contributed by atoms with van der Waals surface area (Å²) >= 11 is 0. The van der Waals surface area contributed by atoms with E-state index in [1.54, 1.807) is 30.7 Å². The van der Waals surface area contributed by atoms with E-state index in [4.69, 9.17) is 15.1 Å². The number of rotatable bonds is 5. The summed E-state index contributed by atoms with van der Waals surface area (Å²) in [5.74, 6) is -0.270. The first kappa shape index (κ1) is 19.1. The molecule has 1 unspecified atom stereocenters. The van der Waals surface area contributed by atoms with Crippen LogP contribution in [0.25, 0.3) is 11.3 Å². The number of carbonyl (C=O) groups is 1. The predicted octanol–water partition coefficient (Wildman–Crippen LogP) is 2.19. The maximum atomic E-state index is 12.9. The van der Waals surface area contributed by atoms with Gasteiger partial charge in [-0.15, -0.1) is 0 Å². The van der Waals surface area contributed by atoms with E-state index in [2.05, 4.69) is 11.4 Å². The first-order valence-corrected chi connectivity index (χ1v) is 8.98. The number of nitrogens with one attached hydrogen (secondary N) is 1. The zero-order chi connectivity index (χ0) is 19.6. The second kappa shape index (κ2) is 7.51. The van der Waals surface area contributed by atoms with Gasteiger partial charge in [0.2, 0.25) is 0 Å². The van der Waals surface area contributed by atoms with Crippen molar-refractivity contribution in [1.29, 1.82) is 5.26 Å². The Morgan fingerprint density at radius 1 is 1.44 bits per heavy atom. The molecule has 2 aromatic rings. The number of aliphatic hydroxyl groups is 1. The Hall–Kier alpha value is -2.69. The van der Waals surface area contributed by atoms with Gasteiger partial charge in [0, 0.05) is 24.3 Å². The van der Waals surface area contributed by atoms with Crippen LogP contribution >= 0.6 is 0 Å². The van der Waals surface area contributed by atoms with Crippen molar-refractivity contribution in [1.82, 2.24) is 15.1 Å². The van der Waals surface area contributed by atoms with Crippen LogP contribution in [0.3, 0.4) is 0 Å². The summed E-state index contributed by atoms with van der Waals surface area (Å²) in [5.41, 5.74) is 2.37. The molecule has 1 saturated heterocycles. The van der Waals surface area contributed by atoms with E-state index in [0.29, 0.717) is 30.2 Å². The van der Waals surface area contributed by atoms with Gasteiger partial charge >= 0.3 is 0 Å². The highest BCUT2D eigenvalue weighted by molar-refractivity contribution is 5.95. The molecule has 1 aromatic heterocycles. The second-order valence-electron chi connectivity index (χ2n) is 7.47. The van der Waals surface area contributed by atoms with Crippen LogP contribution in [-0.4, -0.2) is 46.2 Å². The number of hydrogen-bond donors (Lipinski definition) is 2. The van der Waals surface area contributed by atoms with Crippen molar-refractivity contribution in [2.75, 3.05) is 19.8 Å². The van der Waals surface area contributed by atoms with Gasteiger partial charge in [0.05, 0.1) is 35.6 Å². The number of nitriles is 1. The van der Waals surface area contributed by atoms with Gasteiger partial charge in [-0.1, -0.05) is 12.1 Å². The lowest BCUT2D eigenvalue weighted by atomic mass is 10.0. The standard InChI is InChI=1S/C20H24N4O3/c1-13-17(15-6-4-14(10-21)5-7-15)23-24(16-8-9-27-11-16)18(13)19(25)22-12-20(2,3)26/h4-7,16,26H,8-9,11-12H2,1-3H3,(H,22,25). The minimum atomic E-state index is -0.999. The van der Waals surface area contributed by atoms with E-state index in [1.165, 1.54) is 0 Å². The van der Waals surface area contributed by atoms with Crippen molar-refractivity contribution < 1.29 is 14.6 Å². The van der Waals surface area contributed by atoms with Crippen LogP contribution < -0.4 is 5.32 Å². The molecule has 3 rings (SSSR count). The van der Waals surface area contributed by atoms with Crippen LogP contribution in [0.1, 0.15) is 47.9 Å². The highest BCUT2D eigenvalue weighted by atomic mass is 16.5. The summed E-state index contributed by atoms with van der Waals surface area (Å²) in [6.07, 6.45) is 0.791. The number of hydrogen-bond acceptors (Lipinski definition) is 5. The number of nitrogens with zero attached hydrogens (tertiary/aromatic N) is 3. The summed E-state index contributed by atoms with van der Waals surface area (Å²) in [7, 11) is 0. The van der Waals surface area contributed by atoms with Crippen molar-refractivity contribution in [2.24, 2.45) is 0 Å². The van der Waals surface area contributed by atoms with E-state index in [9.17, 15) is 9.90 Å². The third-order valence-corrected chi connectivity index (χ3v) is 4.58.